The van der Waals surface area contributed by atoms with E-state index in [4.69, 9.17) is 10.9 Å². The summed E-state index contributed by atoms with van der Waals surface area (Å²) in [5.41, 5.74) is 5.45. The predicted molar refractivity (Wildman–Crippen MR) is 58.6 cm³/mol. The first kappa shape index (κ1) is 13.2. The first-order chi connectivity index (χ1) is 6.47. The summed E-state index contributed by atoms with van der Waals surface area (Å²) < 4.78 is 0. The van der Waals surface area contributed by atoms with Gasteiger partial charge in [-0.1, -0.05) is 5.16 Å². The van der Waals surface area contributed by atoms with Crippen molar-refractivity contribution < 1.29 is 5.21 Å². The highest BCUT2D eigenvalue weighted by Gasteiger charge is 2.10. The van der Waals surface area contributed by atoms with E-state index in [9.17, 15) is 0 Å². The second-order valence-electron chi connectivity index (χ2n) is 3.91. The van der Waals surface area contributed by atoms with Gasteiger partial charge in [0.2, 0.25) is 0 Å². The number of rotatable bonds is 6. The molecule has 5 nitrogen and oxygen atoms in total. The van der Waals surface area contributed by atoms with Gasteiger partial charge in [-0.2, -0.15) is 0 Å². The molecule has 0 spiro atoms. The number of hydrogen-bond acceptors (Lipinski definition) is 4. The Hall–Kier alpha value is -0.810. The van der Waals surface area contributed by atoms with E-state index in [-0.39, 0.29) is 11.9 Å². The molecule has 2 unspecified atom stereocenters. The normalized spacial score (nSPS) is 17.1. The maximum Gasteiger partial charge on any atom is 0.156 e. The number of nitrogens with two attached hydrogens (primary N) is 1. The average Bonchev–Trinajstić information content (AvgIpc) is 2.13. The fourth-order valence-corrected chi connectivity index (χ4v) is 1.13. The summed E-state index contributed by atoms with van der Waals surface area (Å²) in [7, 11) is 4.08. The standard InChI is InChI=1S/C9H22N4O/c1-7(5-6-13(3)4)11-8(2)9(10)12-14/h7-8,11,14H,5-6H2,1-4H3,(H2,10,12). The molecule has 2 atom stereocenters. The molecular formula is C9H22N4O. The first-order valence-electron chi connectivity index (χ1n) is 4.85. The van der Waals surface area contributed by atoms with Crippen molar-refractivity contribution >= 4 is 5.84 Å². The molecule has 0 aliphatic rings. The van der Waals surface area contributed by atoms with E-state index in [1.165, 1.54) is 0 Å². The maximum absolute atomic E-state index is 8.45. The zero-order valence-corrected chi connectivity index (χ0v) is 9.49. The molecule has 0 saturated carbocycles. The molecule has 0 amide bonds. The molecule has 5 heteroatoms. The maximum atomic E-state index is 8.45. The van der Waals surface area contributed by atoms with E-state index < -0.39 is 0 Å². The molecule has 14 heavy (non-hydrogen) atoms. The Labute approximate surface area is 86.0 Å². The summed E-state index contributed by atoms with van der Waals surface area (Å²) in [5.74, 6) is 0.224. The van der Waals surface area contributed by atoms with Crippen molar-refractivity contribution in [1.29, 1.82) is 0 Å². The van der Waals surface area contributed by atoms with Crippen LogP contribution in [0.1, 0.15) is 20.3 Å². The Morgan fingerprint density at radius 2 is 2.07 bits per heavy atom. The number of amidine groups is 1. The van der Waals surface area contributed by atoms with E-state index in [0.29, 0.717) is 6.04 Å². The van der Waals surface area contributed by atoms with Crippen molar-refractivity contribution in [2.45, 2.75) is 32.4 Å². The summed E-state index contributed by atoms with van der Waals surface area (Å²) in [6.45, 7) is 4.99. The van der Waals surface area contributed by atoms with E-state index in [0.717, 1.165) is 13.0 Å². The van der Waals surface area contributed by atoms with Crippen molar-refractivity contribution in [2.24, 2.45) is 10.9 Å². The molecule has 0 aromatic rings. The minimum Gasteiger partial charge on any atom is -0.409 e. The topological polar surface area (TPSA) is 73.9 Å². The third kappa shape index (κ3) is 5.77. The van der Waals surface area contributed by atoms with Gasteiger partial charge in [0.15, 0.2) is 5.84 Å². The van der Waals surface area contributed by atoms with Crippen molar-refractivity contribution in [2.75, 3.05) is 20.6 Å². The summed E-state index contributed by atoms with van der Waals surface area (Å²) in [6.07, 6.45) is 1.04. The Balaban J connectivity index is 3.76. The highest BCUT2D eigenvalue weighted by Crippen LogP contribution is 1.94. The zero-order chi connectivity index (χ0) is 11.1. The van der Waals surface area contributed by atoms with Crippen LogP contribution in [0, 0.1) is 0 Å². The van der Waals surface area contributed by atoms with Crippen LogP contribution >= 0.6 is 0 Å². The molecule has 0 fully saturated rings. The van der Waals surface area contributed by atoms with Gasteiger partial charge in [-0.15, -0.1) is 0 Å². The summed E-state index contributed by atoms with van der Waals surface area (Å²) in [4.78, 5) is 2.13. The third-order valence-corrected chi connectivity index (χ3v) is 2.10. The van der Waals surface area contributed by atoms with Crippen LogP contribution in [0.5, 0.6) is 0 Å². The lowest BCUT2D eigenvalue weighted by atomic mass is 10.2. The lowest BCUT2D eigenvalue weighted by Gasteiger charge is -2.20. The SMILES string of the molecule is CC(CCN(C)C)NC(C)C(N)=NO. The van der Waals surface area contributed by atoms with Gasteiger partial charge in [0, 0.05) is 6.04 Å². The molecule has 0 saturated heterocycles. The van der Waals surface area contributed by atoms with Gasteiger partial charge in [0.1, 0.15) is 0 Å². The Bertz CT molecular complexity index is 182. The quantitative estimate of drug-likeness (QED) is 0.246. The Morgan fingerprint density at radius 1 is 1.50 bits per heavy atom. The summed E-state index contributed by atoms with van der Waals surface area (Å²) >= 11 is 0. The van der Waals surface area contributed by atoms with Gasteiger partial charge >= 0.3 is 0 Å². The van der Waals surface area contributed by atoms with Gasteiger partial charge in [0.25, 0.3) is 0 Å². The third-order valence-electron chi connectivity index (χ3n) is 2.10. The summed E-state index contributed by atoms with van der Waals surface area (Å²) in [6, 6.07) is 0.268. The Kier molecular flexibility index (Phi) is 6.23. The molecular weight excluding hydrogens is 180 g/mol. The molecule has 0 aliphatic carbocycles. The second kappa shape index (κ2) is 6.62. The first-order valence-corrected chi connectivity index (χ1v) is 4.85. The van der Waals surface area contributed by atoms with E-state index in [2.05, 4.69) is 22.3 Å². The van der Waals surface area contributed by atoms with Gasteiger partial charge < -0.3 is 21.2 Å². The minimum absolute atomic E-state index is 0.0860. The lowest BCUT2D eigenvalue weighted by molar-refractivity contribution is 0.313. The zero-order valence-electron chi connectivity index (χ0n) is 9.49. The molecule has 0 radical (unpaired) electrons. The smallest absolute Gasteiger partial charge is 0.156 e. The monoisotopic (exact) mass is 202 g/mol. The lowest BCUT2D eigenvalue weighted by Crippen LogP contribution is -2.44. The molecule has 0 aromatic carbocycles. The van der Waals surface area contributed by atoms with E-state index in [1.807, 2.05) is 21.0 Å². The molecule has 0 rings (SSSR count). The van der Waals surface area contributed by atoms with Crippen LogP contribution in [0.2, 0.25) is 0 Å². The summed E-state index contributed by atoms with van der Waals surface area (Å²) in [5, 5.41) is 14.7. The van der Waals surface area contributed by atoms with Crippen LogP contribution in [0.15, 0.2) is 5.16 Å². The highest BCUT2D eigenvalue weighted by molar-refractivity contribution is 5.84. The fraction of sp³-hybridized carbons (Fsp3) is 0.889. The van der Waals surface area contributed by atoms with Crippen LogP contribution < -0.4 is 11.1 Å². The van der Waals surface area contributed by atoms with Crippen LogP contribution in [0.3, 0.4) is 0 Å². The van der Waals surface area contributed by atoms with Crippen molar-refractivity contribution in [3.63, 3.8) is 0 Å². The van der Waals surface area contributed by atoms with Gasteiger partial charge in [-0.3, -0.25) is 0 Å². The number of hydrogen-bond donors (Lipinski definition) is 3. The number of oxime groups is 1. The van der Waals surface area contributed by atoms with Gasteiger partial charge in [-0.05, 0) is 40.9 Å². The molecule has 0 heterocycles. The average molecular weight is 202 g/mol. The number of nitrogens with zero attached hydrogens (tertiary/aromatic N) is 2. The minimum atomic E-state index is -0.0860. The van der Waals surface area contributed by atoms with E-state index >= 15 is 0 Å². The van der Waals surface area contributed by atoms with Crippen LogP contribution in [0.4, 0.5) is 0 Å². The van der Waals surface area contributed by atoms with Crippen molar-refractivity contribution in [3.05, 3.63) is 0 Å². The van der Waals surface area contributed by atoms with Crippen molar-refractivity contribution in [1.82, 2.24) is 10.2 Å². The van der Waals surface area contributed by atoms with E-state index in [1.54, 1.807) is 0 Å². The molecule has 0 bridgehead atoms. The Morgan fingerprint density at radius 3 is 2.50 bits per heavy atom. The number of nitrogens with one attached hydrogen (secondary N) is 1. The molecule has 4 N–H and O–H groups in total. The molecule has 0 aromatic heterocycles. The van der Waals surface area contributed by atoms with Crippen LogP contribution in [-0.4, -0.2) is 48.7 Å². The van der Waals surface area contributed by atoms with Crippen LogP contribution in [-0.2, 0) is 0 Å². The molecule has 0 aliphatic heterocycles. The highest BCUT2D eigenvalue weighted by atomic mass is 16.4. The second-order valence-corrected chi connectivity index (χ2v) is 3.91. The van der Waals surface area contributed by atoms with Crippen LogP contribution in [0.25, 0.3) is 0 Å². The largest absolute Gasteiger partial charge is 0.409 e. The fourth-order valence-electron chi connectivity index (χ4n) is 1.13. The molecule has 84 valence electrons. The van der Waals surface area contributed by atoms with Gasteiger partial charge in [-0.25, -0.2) is 0 Å². The van der Waals surface area contributed by atoms with Crippen molar-refractivity contribution in [3.8, 4) is 0 Å². The predicted octanol–water partition coefficient (Wildman–Crippen LogP) is 0.0511. The van der Waals surface area contributed by atoms with Gasteiger partial charge in [0.05, 0.1) is 6.04 Å².